The van der Waals surface area contributed by atoms with Crippen LogP contribution in [0.2, 0.25) is 0 Å². The maximum Gasteiger partial charge on any atom is 0.216 e. The Labute approximate surface area is 163 Å². The topological polar surface area (TPSA) is 64.4 Å². The number of nitrogens with zero attached hydrogens (tertiary/aromatic N) is 3. The summed E-state index contributed by atoms with van der Waals surface area (Å²) in [7, 11) is 0. The molecular formula is C20H22N4O2S. The Morgan fingerprint density at radius 1 is 1.11 bits per heavy atom. The van der Waals surface area contributed by atoms with Crippen LogP contribution < -0.4 is 9.47 Å². The Morgan fingerprint density at radius 2 is 1.89 bits per heavy atom. The maximum absolute atomic E-state index is 5.75. The average Bonchev–Trinajstić information content (AvgIpc) is 3.04. The van der Waals surface area contributed by atoms with Gasteiger partial charge in [0.2, 0.25) is 4.77 Å². The van der Waals surface area contributed by atoms with Crippen molar-refractivity contribution in [2.75, 3.05) is 6.61 Å². The van der Waals surface area contributed by atoms with Gasteiger partial charge in [-0.15, -0.1) is 0 Å². The molecule has 2 aromatic carbocycles. The molecule has 0 spiro atoms. The Hall–Kier alpha value is -2.93. The Balaban J connectivity index is 1.71. The van der Waals surface area contributed by atoms with E-state index in [2.05, 4.69) is 29.1 Å². The Morgan fingerprint density at radius 3 is 2.67 bits per heavy atom. The SMILES string of the molecule is CC(C)COc1cccc(/C=N\n2c(COc3ccccc3)n[nH]c2=S)c1. The molecule has 3 aromatic rings. The molecule has 0 aliphatic rings. The van der Waals surface area contributed by atoms with E-state index in [4.69, 9.17) is 21.7 Å². The third-order valence-electron chi connectivity index (χ3n) is 3.59. The van der Waals surface area contributed by atoms with Crippen molar-refractivity contribution in [3.63, 3.8) is 0 Å². The van der Waals surface area contributed by atoms with E-state index in [1.807, 2.05) is 54.6 Å². The van der Waals surface area contributed by atoms with Gasteiger partial charge >= 0.3 is 0 Å². The van der Waals surface area contributed by atoms with Gasteiger partial charge in [-0.2, -0.15) is 14.9 Å². The van der Waals surface area contributed by atoms with Crippen LogP contribution in [0.5, 0.6) is 11.5 Å². The Bertz CT molecular complexity index is 948. The molecule has 0 amide bonds. The van der Waals surface area contributed by atoms with Gasteiger partial charge in [0.1, 0.15) is 18.1 Å². The molecule has 0 fully saturated rings. The van der Waals surface area contributed by atoms with Crippen LogP contribution in [0.15, 0.2) is 59.7 Å². The lowest BCUT2D eigenvalue weighted by molar-refractivity contribution is 0.271. The zero-order valence-corrected chi connectivity index (χ0v) is 16.1. The molecule has 1 heterocycles. The lowest BCUT2D eigenvalue weighted by Crippen LogP contribution is -2.05. The van der Waals surface area contributed by atoms with Gasteiger partial charge in [0.25, 0.3) is 0 Å². The van der Waals surface area contributed by atoms with E-state index >= 15 is 0 Å². The molecule has 0 saturated carbocycles. The molecule has 0 saturated heterocycles. The number of para-hydroxylation sites is 1. The van der Waals surface area contributed by atoms with Crippen LogP contribution in [0.1, 0.15) is 25.2 Å². The van der Waals surface area contributed by atoms with Crippen molar-refractivity contribution in [2.24, 2.45) is 11.0 Å². The summed E-state index contributed by atoms with van der Waals surface area (Å²) in [4.78, 5) is 0. The number of rotatable bonds is 8. The minimum Gasteiger partial charge on any atom is -0.493 e. The van der Waals surface area contributed by atoms with Gasteiger partial charge in [0.05, 0.1) is 12.8 Å². The van der Waals surface area contributed by atoms with Crippen LogP contribution in [-0.4, -0.2) is 27.7 Å². The second-order valence-corrected chi connectivity index (χ2v) is 6.77. The summed E-state index contributed by atoms with van der Waals surface area (Å²) in [5.74, 6) is 2.64. The maximum atomic E-state index is 5.75. The van der Waals surface area contributed by atoms with Crippen molar-refractivity contribution in [2.45, 2.75) is 20.5 Å². The first-order chi connectivity index (χ1) is 13.1. The molecule has 1 aromatic heterocycles. The summed E-state index contributed by atoms with van der Waals surface area (Å²) < 4.78 is 13.4. The van der Waals surface area contributed by atoms with Gasteiger partial charge in [-0.3, -0.25) is 0 Å². The molecule has 6 nitrogen and oxygen atoms in total. The van der Waals surface area contributed by atoms with Gasteiger partial charge in [-0.05, 0) is 48.0 Å². The lowest BCUT2D eigenvalue weighted by Gasteiger charge is -2.08. The molecule has 1 N–H and O–H groups in total. The van der Waals surface area contributed by atoms with Crippen LogP contribution in [0, 0.1) is 10.7 Å². The molecule has 0 bridgehead atoms. The fourth-order valence-corrected chi connectivity index (χ4v) is 2.47. The molecule has 0 atom stereocenters. The van der Waals surface area contributed by atoms with E-state index in [0.29, 0.717) is 23.1 Å². The lowest BCUT2D eigenvalue weighted by atomic mass is 10.2. The highest BCUT2D eigenvalue weighted by molar-refractivity contribution is 7.71. The predicted octanol–water partition coefficient (Wildman–Crippen LogP) is 4.44. The molecule has 3 rings (SSSR count). The number of benzene rings is 2. The molecular weight excluding hydrogens is 360 g/mol. The first kappa shape index (κ1) is 18.8. The monoisotopic (exact) mass is 382 g/mol. The first-order valence-electron chi connectivity index (χ1n) is 8.73. The van der Waals surface area contributed by atoms with Crippen molar-refractivity contribution in [3.05, 3.63) is 70.8 Å². The minimum atomic E-state index is 0.256. The number of H-pyrrole nitrogens is 1. The third kappa shape index (κ3) is 5.52. The number of nitrogens with one attached hydrogen (secondary N) is 1. The highest BCUT2D eigenvalue weighted by Gasteiger charge is 2.06. The van der Waals surface area contributed by atoms with Crippen molar-refractivity contribution in [3.8, 4) is 11.5 Å². The number of aromatic nitrogens is 3. The van der Waals surface area contributed by atoms with Crippen LogP contribution in [-0.2, 0) is 6.61 Å². The molecule has 140 valence electrons. The van der Waals surface area contributed by atoms with Crippen LogP contribution in [0.3, 0.4) is 0 Å². The van der Waals surface area contributed by atoms with Crippen molar-refractivity contribution in [1.29, 1.82) is 0 Å². The molecule has 27 heavy (non-hydrogen) atoms. The van der Waals surface area contributed by atoms with Crippen LogP contribution >= 0.6 is 12.2 Å². The highest BCUT2D eigenvalue weighted by Crippen LogP contribution is 2.14. The molecule has 0 aliphatic heterocycles. The summed E-state index contributed by atoms with van der Waals surface area (Å²) in [6, 6.07) is 17.3. The Kier molecular flexibility index (Phi) is 6.38. The quantitative estimate of drug-likeness (QED) is 0.462. The summed E-state index contributed by atoms with van der Waals surface area (Å²) in [5.41, 5.74) is 0.911. The molecule has 7 heteroatoms. The van der Waals surface area contributed by atoms with Crippen molar-refractivity contribution in [1.82, 2.24) is 14.9 Å². The normalized spacial score (nSPS) is 11.2. The largest absolute Gasteiger partial charge is 0.493 e. The van der Waals surface area contributed by atoms with Crippen molar-refractivity contribution < 1.29 is 9.47 Å². The predicted molar refractivity (Wildman–Crippen MR) is 108 cm³/mol. The van der Waals surface area contributed by atoms with E-state index in [1.54, 1.807) is 10.9 Å². The number of aromatic amines is 1. The van der Waals surface area contributed by atoms with Gasteiger partial charge in [-0.1, -0.05) is 44.2 Å². The van der Waals surface area contributed by atoms with Gasteiger partial charge in [0, 0.05) is 0 Å². The van der Waals surface area contributed by atoms with Crippen molar-refractivity contribution >= 4 is 18.4 Å². The summed E-state index contributed by atoms with van der Waals surface area (Å²) in [6.45, 7) is 5.16. The van der Waals surface area contributed by atoms with E-state index in [0.717, 1.165) is 17.1 Å². The van der Waals surface area contributed by atoms with E-state index < -0.39 is 0 Å². The first-order valence-corrected chi connectivity index (χ1v) is 9.14. The smallest absolute Gasteiger partial charge is 0.216 e. The standard InChI is InChI=1S/C20H22N4O2S/c1-15(2)13-25-18-10-6-7-16(11-18)12-21-24-19(22-23-20(24)27)14-26-17-8-4-3-5-9-17/h3-12,15H,13-14H2,1-2H3,(H,23,27)/b21-12-. The fraction of sp³-hybridized carbons (Fsp3) is 0.250. The summed E-state index contributed by atoms with van der Waals surface area (Å²) in [5, 5.41) is 11.4. The summed E-state index contributed by atoms with van der Waals surface area (Å²) in [6.07, 6.45) is 1.72. The zero-order valence-electron chi connectivity index (χ0n) is 15.3. The second kappa shape index (κ2) is 9.14. The fourth-order valence-electron chi connectivity index (χ4n) is 2.27. The number of hydrogen-bond donors (Lipinski definition) is 1. The number of ether oxygens (including phenoxy) is 2. The molecule has 0 aliphatic carbocycles. The average molecular weight is 382 g/mol. The second-order valence-electron chi connectivity index (χ2n) is 6.38. The molecule has 0 radical (unpaired) electrons. The van der Waals surface area contributed by atoms with E-state index in [-0.39, 0.29) is 6.61 Å². The number of hydrogen-bond acceptors (Lipinski definition) is 5. The zero-order chi connectivity index (χ0) is 19.1. The van der Waals surface area contributed by atoms with E-state index in [1.165, 1.54) is 0 Å². The van der Waals surface area contributed by atoms with Gasteiger partial charge in [-0.25, -0.2) is 5.10 Å². The van der Waals surface area contributed by atoms with Crippen LogP contribution in [0.4, 0.5) is 0 Å². The summed E-state index contributed by atoms with van der Waals surface area (Å²) >= 11 is 5.27. The molecule has 0 unspecified atom stereocenters. The highest BCUT2D eigenvalue weighted by atomic mass is 32.1. The minimum absolute atomic E-state index is 0.256. The van der Waals surface area contributed by atoms with E-state index in [9.17, 15) is 0 Å². The van der Waals surface area contributed by atoms with Gasteiger partial charge < -0.3 is 9.47 Å². The van der Waals surface area contributed by atoms with Crippen LogP contribution in [0.25, 0.3) is 0 Å². The van der Waals surface area contributed by atoms with Gasteiger partial charge in [0.15, 0.2) is 5.82 Å². The third-order valence-corrected chi connectivity index (χ3v) is 3.86.